The van der Waals surface area contributed by atoms with Crippen molar-refractivity contribution in [1.29, 1.82) is 0 Å². The smallest absolute Gasteiger partial charge is 0.174 e. The van der Waals surface area contributed by atoms with E-state index in [0.29, 0.717) is 16.2 Å². The maximum atomic E-state index is 6.35. The Bertz CT molecular complexity index is 446. The van der Waals surface area contributed by atoms with Crippen LogP contribution in [0, 0.1) is 27.6 Å². The summed E-state index contributed by atoms with van der Waals surface area (Å²) in [5.41, 5.74) is 1.27. The van der Waals surface area contributed by atoms with Crippen molar-refractivity contribution in [2.24, 2.45) is 27.6 Å². The van der Waals surface area contributed by atoms with Gasteiger partial charge in [0.15, 0.2) is 5.79 Å². The van der Waals surface area contributed by atoms with Crippen LogP contribution in [0.2, 0.25) is 0 Å². The van der Waals surface area contributed by atoms with E-state index in [0.717, 1.165) is 25.6 Å². The van der Waals surface area contributed by atoms with Crippen LogP contribution in [0.3, 0.4) is 0 Å². The van der Waals surface area contributed by atoms with Gasteiger partial charge in [-0.1, -0.05) is 34.6 Å². The van der Waals surface area contributed by atoms with Crippen molar-refractivity contribution >= 4 is 0 Å². The molecule has 1 saturated heterocycles. The van der Waals surface area contributed by atoms with Gasteiger partial charge in [-0.2, -0.15) is 0 Å². The summed E-state index contributed by atoms with van der Waals surface area (Å²) in [5.74, 6) is 0.538. The van der Waals surface area contributed by atoms with Gasteiger partial charge in [0.1, 0.15) is 0 Å². The van der Waals surface area contributed by atoms with Gasteiger partial charge in [-0.05, 0) is 47.8 Å². The van der Waals surface area contributed by atoms with E-state index in [1.807, 2.05) is 0 Å². The standard InChI is InChI=1S/C18H30O2/c1-14(2)8-9-18(19-10-11-20-18)16(5)15(3,4)13-6-7-17(14,16)12-13/h13H,6-12H2,1-5H3/t13-,16-,17+/m0/s1. The van der Waals surface area contributed by atoms with Crippen molar-refractivity contribution in [1.82, 2.24) is 0 Å². The lowest BCUT2D eigenvalue weighted by Gasteiger charge is -2.68. The SMILES string of the molecule is CC1(C)CCC2(OCCO2)[C@@]2(C)C(C)(C)[C@H]3CC[C@@]12C3. The third-order valence-electron chi connectivity index (χ3n) is 8.67. The number of hydrogen-bond donors (Lipinski definition) is 0. The van der Waals surface area contributed by atoms with E-state index in [-0.39, 0.29) is 11.2 Å². The van der Waals surface area contributed by atoms with E-state index in [4.69, 9.17) is 9.47 Å². The molecule has 0 radical (unpaired) electrons. The Kier molecular flexibility index (Phi) is 2.35. The molecule has 0 aromatic rings. The summed E-state index contributed by atoms with van der Waals surface area (Å²) in [6.45, 7) is 14.1. The Balaban J connectivity index is 1.95. The van der Waals surface area contributed by atoms with Crippen molar-refractivity contribution < 1.29 is 9.47 Å². The van der Waals surface area contributed by atoms with Crippen molar-refractivity contribution in [2.45, 2.75) is 72.5 Å². The first kappa shape index (κ1) is 13.6. The van der Waals surface area contributed by atoms with Gasteiger partial charge in [0, 0.05) is 11.8 Å². The van der Waals surface area contributed by atoms with Crippen molar-refractivity contribution in [3.63, 3.8) is 0 Å². The van der Waals surface area contributed by atoms with Gasteiger partial charge in [0.2, 0.25) is 0 Å². The predicted octanol–water partition coefficient (Wildman–Crippen LogP) is 4.38. The summed E-state index contributed by atoms with van der Waals surface area (Å²) in [7, 11) is 0. The minimum absolute atomic E-state index is 0.147. The van der Waals surface area contributed by atoms with E-state index < -0.39 is 0 Å². The van der Waals surface area contributed by atoms with Crippen LogP contribution in [0.25, 0.3) is 0 Å². The van der Waals surface area contributed by atoms with Gasteiger partial charge in [-0.25, -0.2) is 0 Å². The van der Waals surface area contributed by atoms with Gasteiger partial charge in [0.05, 0.1) is 13.2 Å². The third-order valence-corrected chi connectivity index (χ3v) is 8.67. The van der Waals surface area contributed by atoms with E-state index >= 15 is 0 Å². The first-order valence-corrected chi connectivity index (χ1v) is 8.50. The van der Waals surface area contributed by atoms with Crippen LogP contribution in [-0.2, 0) is 9.47 Å². The van der Waals surface area contributed by atoms with E-state index in [1.54, 1.807) is 0 Å². The molecule has 3 aliphatic carbocycles. The molecule has 4 aliphatic rings. The molecule has 4 rings (SSSR count). The highest BCUT2D eigenvalue weighted by Crippen LogP contribution is 2.83. The average Bonchev–Trinajstić information content (AvgIpc) is 3.05. The van der Waals surface area contributed by atoms with Gasteiger partial charge < -0.3 is 9.47 Å². The summed E-state index contributed by atoms with van der Waals surface area (Å²) in [5, 5.41) is 0. The minimum atomic E-state index is -0.304. The molecule has 0 amide bonds. The number of hydrogen-bond acceptors (Lipinski definition) is 2. The zero-order chi connectivity index (χ0) is 14.4. The van der Waals surface area contributed by atoms with E-state index in [9.17, 15) is 0 Å². The zero-order valence-corrected chi connectivity index (χ0v) is 13.8. The van der Waals surface area contributed by atoms with Crippen LogP contribution in [0.15, 0.2) is 0 Å². The molecule has 2 bridgehead atoms. The summed E-state index contributed by atoms with van der Waals surface area (Å²) >= 11 is 0. The summed E-state index contributed by atoms with van der Waals surface area (Å²) in [4.78, 5) is 0. The predicted molar refractivity (Wildman–Crippen MR) is 79.3 cm³/mol. The van der Waals surface area contributed by atoms with Crippen molar-refractivity contribution in [3.8, 4) is 0 Å². The normalized spacial score (nSPS) is 50.5. The second-order valence-corrected chi connectivity index (χ2v) is 9.20. The average molecular weight is 278 g/mol. The highest BCUT2D eigenvalue weighted by molar-refractivity contribution is 5.26. The molecule has 2 spiro atoms. The molecule has 0 unspecified atom stereocenters. The summed E-state index contributed by atoms with van der Waals surface area (Å²) in [6, 6.07) is 0. The molecule has 3 atom stereocenters. The minimum Gasteiger partial charge on any atom is -0.347 e. The molecular weight excluding hydrogens is 248 g/mol. The first-order chi connectivity index (χ1) is 9.23. The Morgan fingerprint density at radius 2 is 1.50 bits per heavy atom. The third kappa shape index (κ3) is 1.08. The molecule has 114 valence electrons. The van der Waals surface area contributed by atoms with Crippen LogP contribution >= 0.6 is 0 Å². The molecule has 3 saturated carbocycles. The summed E-state index contributed by atoms with van der Waals surface area (Å²) in [6.07, 6.45) is 6.49. The van der Waals surface area contributed by atoms with Crippen LogP contribution < -0.4 is 0 Å². The fourth-order valence-corrected chi connectivity index (χ4v) is 7.14. The Labute approximate surface area is 123 Å². The largest absolute Gasteiger partial charge is 0.347 e. The first-order valence-electron chi connectivity index (χ1n) is 8.50. The molecule has 2 heteroatoms. The molecule has 4 fully saturated rings. The zero-order valence-electron chi connectivity index (χ0n) is 13.8. The highest BCUT2D eigenvalue weighted by atomic mass is 16.7. The van der Waals surface area contributed by atoms with Crippen molar-refractivity contribution in [3.05, 3.63) is 0 Å². The molecule has 0 N–H and O–H groups in total. The molecule has 2 nitrogen and oxygen atoms in total. The maximum Gasteiger partial charge on any atom is 0.174 e. The van der Waals surface area contributed by atoms with Gasteiger partial charge >= 0.3 is 0 Å². The van der Waals surface area contributed by atoms with E-state index in [1.165, 1.54) is 25.7 Å². The molecule has 1 aliphatic heterocycles. The van der Waals surface area contributed by atoms with Crippen LogP contribution in [0.5, 0.6) is 0 Å². The van der Waals surface area contributed by atoms with Crippen LogP contribution in [-0.4, -0.2) is 19.0 Å². The Morgan fingerprint density at radius 1 is 0.850 bits per heavy atom. The Morgan fingerprint density at radius 3 is 2.15 bits per heavy atom. The van der Waals surface area contributed by atoms with E-state index in [2.05, 4.69) is 34.6 Å². The molecular formula is C18H30O2. The number of ether oxygens (including phenoxy) is 2. The van der Waals surface area contributed by atoms with Crippen LogP contribution in [0.4, 0.5) is 0 Å². The second-order valence-electron chi connectivity index (χ2n) is 9.20. The molecule has 0 aromatic heterocycles. The van der Waals surface area contributed by atoms with Gasteiger partial charge in [0.25, 0.3) is 0 Å². The fourth-order valence-electron chi connectivity index (χ4n) is 7.14. The molecule has 0 aromatic carbocycles. The molecule has 20 heavy (non-hydrogen) atoms. The Hall–Kier alpha value is -0.0800. The number of rotatable bonds is 0. The second kappa shape index (κ2) is 3.46. The van der Waals surface area contributed by atoms with Crippen LogP contribution in [0.1, 0.15) is 66.7 Å². The monoisotopic (exact) mass is 278 g/mol. The quantitative estimate of drug-likeness (QED) is 0.654. The maximum absolute atomic E-state index is 6.35. The highest BCUT2D eigenvalue weighted by Gasteiger charge is 2.81. The number of fused-ring (bicyclic) bond motifs is 2. The lowest BCUT2D eigenvalue weighted by Crippen LogP contribution is -2.68. The lowest BCUT2D eigenvalue weighted by molar-refractivity contribution is -0.339. The summed E-state index contributed by atoms with van der Waals surface area (Å²) < 4.78 is 12.7. The van der Waals surface area contributed by atoms with Gasteiger partial charge in [-0.3, -0.25) is 0 Å². The molecule has 1 heterocycles. The topological polar surface area (TPSA) is 18.5 Å². The van der Waals surface area contributed by atoms with Crippen molar-refractivity contribution in [2.75, 3.05) is 13.2 Å². The lowest BCUT2D eigenvalue weighted by atomic mass is 9.39. The van der Waals surface area contributed by atoms with Gasteiger partial charge in [-0.15, -0.1) is 0 Å². The fraction of sp³-hybridized carbons (Fsp3) is 1.00.